The van der Waals surface area contributed by atoms with Crippen molar-refractivity contribution in [1.29, 1.82) is 0 Å². The predicted octanol–water partition coefficient (Wildman–Crippen LogP) is 3.96. The van der Waals surface area contributed by atoms with Gasteiger partial charge >= 0.3 is 0 Å². The van der Waals surface area contributed by atoms with Crippen molar-refractivity contribution in [3.63, 3.8) is 0 Å². The van der Waals surface area contributed by atoms with Crippen molar-refractivity contribution >= 4 is 11.6 Å². The molecule has 0 aliphatic carbocycles. The van der Waals surface area contributed by atoms with E-state index in [0.29, 0.717) is 0 Å². The molecule has 5 heteroatoms. The van der Waals surface area contributed by atoms with E-state index in [1.807, 2.05) is 10.9 Å². The molecule has 116 valence electrons. The molecule has 2 aromatic heterocycles. The SMILES string of the molecule is CCc1nn(Cc2cnn(CC)c2)c(CC)c1C(Cl)CC. The molecule has 0 fully saturated rings. The maximum atomic E-state index is 6.53. The number of hydrogen-bond donors (Lipinski definition) is 0. The molecule has 0 radical (unpaired) electrons. The zero-order valence-electron chi connectivity index (χ0n) is 13.4. The predicted molar refractivity (Wildman–Crippen MR) is 86.9 cm³/mol. The second-order valence-corrected chi connectivity index (χ2v) is 5.78. The summed E-state index contributed by atoms with van der Waals surface area (Å²) < 4.78 is 4.05. The van der Waals surface area contributed by atoms with Gasteiger partial charge in [0.1, 0.15) is 0 Å². The maximum Gasteiger partial charge on any atom is 0.0693 e. The summed E-state index contributed by atoms with van der Waals surface area (Å²) in [5.41, 5.74) is 4.83. The Balaban J connectivity index is 2.36. The van der Waals surface area contributed by atoms with Crippen molar-refractivity contribution in [1.82, 2.24) is 19.6 Å². The molecule has 1 unspecified atom stereocenters. The van der Waals surface area contributed by atoms with Crippen LogP contribution in [0.15, 0.2) is 12.4 Å². The molecule has 0 bridgehead atoms. The van der Waals surface area contributed by atoms with Crippen LogP contribution in [0.3, 0.4) is 0 Å². The highest BCUT2D eigenvalue weighted by Crippen LogP contribution is 2.31. The van der Waals surface area contributed by atoms with Crippen LogP contribution < -0.4 is 0 Å². The topological polar surface area (TPSA) is 35.6 Å². The van der Waals surface area contributed by atoms with Gasteiger partial charge in [0, 0.05) is 29.6 Å². The largest absolute Gasteiger partial charge is 0.273 e. The van der Waals surface area contributed by atoms with Gasteiger partial charge in [-0.3, -0.25) is 9.36 Å². The molecule has 0 saturated carbocycles. The van der Waals surface area contributed by atoms with Crippen molar-refractivity contribution in [2.45, 2.75) is 65.4 Å². The summed E-state index contributed by atoms with van der Waals surface area (Å²) in [4.78, 5) is 0. The van der Waals surface area contributed by atoms with E-state index in [1.54, 1.807) is 0 Å². The first-order chi connectivity index (χ1) is 10.1. The summed E-state index contributed by atoms with van der Waals surface area (Å²) in [6, 6.07) is 0. The van der Waals surface area contributed by atoms with Crippen LogP contribution in [-0.2, 0) is 25.9 Å². The summed E-state index contributed by atoms with van der Waals surface area (Å²) >= 11 is 6.53. The Hall–Kier alpha value is -1.29. The van der Waals surface area contributed by atoms with Gasteiger partial charge < -0.3 is 0 Å². The number of nitrogens with zero attached hydrogens (tertiary/aromatic N) is 4. The van der Waals surface area contributed by atoms with Crippen molar-refractivity contribution < 1.29 is 0 Å². The summed E-state index contributed by atoms with van der Waals surface area (Å²) in [5.74, 6) is 0. The lowest BCUT2D eigenvalue weighted by Crippen LogP contribution is -2.06. The third-order valence-electron chi connectivity index (χ3n) is 3.86. The first kappa shape index (κ1) is 16.1. The lowest BCUT2D eigenvalue weighted by molar-refractivity contribution is 0.633. The summed E-state index contributed by atoms with van der Waals surface area (Å²) in [6.07, 6.45) is 6.82. The fourth-order valence-electron chi connectivity index (χ4n) is 2.73. The van der Waals surface area contributed by atoms with E-state index in [4.69, 9.17) is 16.7 Å². The average Bonchev–Trinajstić information content (AvgIpc) is 3.10. The van der Waals surface area contributed by atoms with Gasteiger partial charge in [-0.25, -0.2) is 0 Å². The molecule has 4 nitrogen and oxygen atoms in total. The lowest BCUT2D eigenvalue weighted by atomic mass is 10.0. The Morgan fingerprint density at radius 2 is 1.95 bits per heavy atom. The third kappa shape index (κ3) is 3.31. The maximum absolute atomic E-state index is 6.53. The Labute approximate surface area is 132 Å². The first-order valence-corrected chi connectivity index (χ1v) is 8.31. The summed E-state index contributed by atoms with van der Waals surface area (Å²) in [5, 5.41) is 9.19. The standard InChI is InChI=1S/C16H25ClN4/c1-5-13(17)16-14(6-2)19-21(15(16)7-3)11-12-9-18-20(8-4)10-12/h9-10,13H,5-8,11H2,1-4H3. The van der Waals surface area contributed by atoms with Crippen molar-refractivity contribution in [3.8, 4) is 0 Å². The van der Waals surface area contributed by atoms with E-state index in [9.17, 15) is 0 Å². The molecule has 0 amide bonds. The van der Waals surface area contributed by atoms with E-state index in [1.165, 1.54) is 16.8 Å². The minimum atomic E-state index is 0.0574. The molecule has 2 rings (SSSR count). The van der Waals surface area contributed by atoms with Crippen LogP contribution in [-0.4, -0.2) is 19.6 Å². The minimum Gasteiger partial charge on any atom is -0.273 e. The lowest BCUT2D eigenvalue weighted by Gasteiger charge is -2.10. The number of rotatable bonds is 7. The zero-order valence-corrected chi connectivity index (χ0v) is 14.2. The zero-order chi connectivity index (χ0) is 15.4. The molecule has 1 atom stereocenters. The molecule has 0 saturated heterocycles. The molecule has 2 aromatic rings. The van der Waals surface area contributed by atoms with Crippen molar-refractivity contribution in [3.05, 3.63) is 34.9 Å². The fraction of sp³-hybridized carbons (Fsp3) is 0.625. The van der Waals surface area contributed by atoms with Crippen LogP contribution in [0.1, 0.15) is 62.0 Å². The first-order valence-electron chi connectivity index (χ1n) is 7.88. The van der Waals surface area contributed by atoms with E-state index in [0.717, 1.165) is 38.0 Å². The Morgan fingerprint density at radius 1 is 1.19 bits per heavy atom. The second-order valence-electron chi connectivity index (χ2n) is 5.25. The highest BCUT2D eigenvalue weighted by Gasteiger charge is 2.21. The van der Waals surface area contributed by atoms with E-state index >= 15 is 0 Å². The molecule has 2 heterocycles. The number of alkyl halides is 1. The normalized spacial score (nSPS) is 12.8. The number of halogens is 1. The van der Waals surface area contributed by atoms with Gasteiger partial charge in [-0.2, -0.15) is 10.2 Å². The van der Waals surface area contributed by atoms with E-state index in [-0.39, 0.29) is 5.38 Å². The Kier molecular flexibility index (Phi) is 5.45. The quantitative estimate of drug-likeness (QED) is 0.726. The molecule has 0 aliphatic heterocycles. The Morgan fingerprint density at radius 3 is 2.48 bits per heavy atom. The van der Waals surface area contributed by atoms with E-state index < -0.39 is 0 Å². The van der Waals surface area contributed by atoms with Gasteiger partial charge in [0.2, 0.25) is 0 Å². The van der Waals surface area contributed by atoms with Crippen LogP contribution in [0.2, 0.25) is 0 Å². The second kappa shape index (κ2) is 7.12. The highest BCUT2D eigenvalue weighted by molar-refractivity contribution is 6.21. The fourth-order valence-corrected chi connectivity index (χ4v) is 2.98. The molecular formula is C16H25ClN4. The third-order valence-corrected chi connectivity index (χ3v) is 4.39. The highest BCUT2D eigenvalue weighted by atomic mass is 35.5. The van der Waals surface area contributed by atoms with Crippen LogP contribution in [0.5, 0.6) is 0 Å². The van der Waals surface area contributed by atoms with Gasteiger partial charge in [0.25, 0.3) is 0 Å². The van der Waals surface area contributed by atoms with Crippen molar-refractivity contribution in [2.24, 2.45) is 0 Å². The number of aryl methyl sites for hydroxylation is 2. The van der Waals surface area contributed by atoms with Crippen molar-refractivity contribution in [2.75, 3.05) is 0 Å². The molecule has 21 heavy (non-hydrogen) atoms. The molecule has 0 aliphatic rings. The van der Waals surface area contributed by atoms with Gasteiger partial charge in [-0.1, -0.05) is 20.8 Å². The van der Waals surface area contributed by atoms with Gasteiger partial charge in [0.05, 0.1) is 23.8 Å². The number of hydrogen-bond acceptors (Lipinski definition) is 2. The summed E-state index contributed by atoms with van der Waals surface area (Å²) in [7, 11) is 0. The smallest absolute Gasteiger partial charge is 0.0693 e. The van der Waals surface area contributed by atoms with Gasteiger partial charge in [-0.15, -0.1) is 11.6 Å². The van der Waals surface area contributed by atoms with E-state index in [2.05, 4.69) is 43.7 Å². The summed E-state index contributed by atoms with van der Waals surface area (Å²) in [6.45, 7) is 10.2. The minimum absolute atomic E-state index is 0.0574. The Bertz CT molecular complexity index is 585. The van der Waals surface area contributed by atoms with Gasteiger partial charge in [0.15, 0.2) is 0 Å². The molecule has 0 N–H and O–H groups in total. The van der Waals surface area contributed by atoms with Crippen LogP contribution >= 0.6 is 11.6 Å². The van der Waals surface area contributed by atoms with Crippen LogP contribution in [0.4, 0.5) is 0 Å². The number of aromatic nitrogens is 4. The van der Waals surface area contributed by atoms with Crippen LogP contribution in [0, 0.1) is 0 Å². The molecule has 0 aromatic carbocycles. The molecular weight excluding hydrogens is 284 g/mol. The average molecular weight is 309 g/mol. The molecule has 0 spiro atoms. The van der Waals surface area contributed by atoms with Crippen LogP contribution in [0.25, 0.3) is 0 Å². The monoisotopic (exact) mass is 308 g/mol. The van der Waals surface area contributed by atoms with Gasteiger partial charge in [-0.05, 0) is 26.2 Å².